The minimum atomic E-state index is -0.155. The van der Waals surface area contributed by atoms with E-state index < -0.39 is 0 Å². The van der Waals surface area contributed by atoms with Crippen LogP contribution in [0, 0.1) is 17.3 Å². The number of likely N-dealkylation sites (tertiary alicyclic amines) is 1. The van der Waals surface area contributed by atoms with E-state index in [-0.39, 0.29) is 24.7 Å². The van der Waals surface area contributed by atoms with Crippen molar-refractivity contribution in [1.29, 1.82) is 0 Å². The predicted molar refractivity (Wildman–Crippen MR) is 97.5 cm³/mol. The van der Waals surface area contributed by atoms with Crippen LogP contribution in [-0.4, -0.2) is 41.4 Å². The van der Waals surface area contributed by atoms with Crippen LogP contribution in [0.15, 0.2) is 55.1 Å². The second-order valence-corrected chi connectivity index (χ2v) is 7.36. The molecule has 130 valence electrons. The molecule has 3 rings (SSSR count). The van der Waals surface area contributed by atoms with Crippen molar-refractivity contribution < 1.29 is 10.2 Å². The van der Waals surface area contributed by atoms with Gasteiger partial charge in [0, 0.05) is 18.5 Å². The van der Waals surface area contributed by atoms with Crippen molar-refractivity contribution >= 4 is 0 Å². The minimum absolute atomic E-state index is 0.00574. The normalized spacial score (nSPS) is 31.4. The summed E-state index contributed by atoms with van der Waals surface area (Å²) in [6, 6.07) is 10.2. The van der Waals surface area contributed by atoms with Crippen LogP contribution in [0.25, 0.3) is 0 Å². The van der Waals surface area contributed by atoms with Gasteiger partial charge in [-0.15, -0.1) is 6.58 Å². The summed E-state index contributed by atoms with van der Waals surface area (Å²) < 4.78 is 0. The summed E-state index contributed by atoms with van der Waals surface area (Å²) in [6.07, 6.45) is 9.42. The average molecular weight is 327 g/mol. The molecule has 1 aromatic carbocycles. The Labute approximate surface area is 145 Å². The molecule has 2 N–H and O–H groups in total. The fraction of sp³-hybridized carbons (Fsp3) is 0.524. The van der Waals surface area contributed by atoms with Gasteiger partial charge < -0.3 is 10.2 Å². The highest BCUT2D eigenvalue weighted by Crippen LogP contribution is 2.48. The Morgan fingerprint density at radius 2 is 1.96 bits per heavy atom. The summed E-state index contributed by atoms with van der Waals surface area (Å²) in [7, 11) is 0. The van der Waals surface area contributed by atoms with Gasteiger partial charge >= 0.3 is 0 Å². The number of hydrogen-bond acceptors (Lipinski definition) is 3. The van der Waals surface area contributed by atoms with E-state index in [9.17, 15) is 10.2 Å². The largest absolute Gasteiger partial charge is 0.396 e. The average Bonchev–Trinajstić information content (AvgIpc) is 2.63. The summed E-state index contributed by atoms with van der Waals surface area (Å²) in [5.41, 5.74) is 0.993. The maximum absolute atomic E-state index is 10.3. The molecule has 1 aliphatic carbocycles. The zero-order chi connectivity index (χ0) is 17.0. The Kier molecular flexibility index (Phi) is 5.54. The lowest BCUT2D eigenvalue weighted by molar-refractivity contribution is -0.0736. The number of aliphatic hydroxyl groups is 2. The predicted octanol–water partition coefficient (Wildman–Crippen LogP) is 3.17. The van der Waals surface area contributed by atoms with E-state index in [0.717, 1.165) is 37.9 Å². The number of rotatable bonds is 6. The number of fused-ring (bicyclic) bond motifs is 1. The molecule has 1 fully saturated rings. The van der Waals surface area contributed by atoms with Crippen molar-refractivity contribution in [2.24, 2.45) is 17.3 Å². The molecule has 24 heavy (non-hydrogen) atoms. The lowest BCUT2D eigenvalue weighted by Crippen LogP contribution is -2.56. The SMILES string of the molecule is C=CC[C@]1(CO)CN([C@@H](CO)c2ccccc2)C[C@H]2CC=CC[C@H]21. The first-order valence-electron chi connectivity index (χ1n) is 9.00. The molecule has 1 aromatic rings. The topological polar surface area (TPSA) is 43.7 Å². The maximum Gasteiger partial charge on any atom is 0.0628 e. The molecule has 1 aliphatic heterocycles. The maximum atomic E-state index is 10.3. The zero-order valence-corrected chi connectivity index (χ0v) is 14.3. The van der Waals surface area contributed by atoms with Gasteiger partial charge in [-0.25, -0.2) is 0 Å². The van der Waals surface area contributed by atoms with Gasteiger partial charge in [0.1, 0.15) is 0 Å². The fourth-order valence-corrected chi connectivity index (χ4v) is 4.79. The van der Waals surface area contributed by atoms with E-state index in [1.807, 2.05) is 24.3 Å². The Bertz CT molecular complexity index is 570. The first-order valence-corrected chi connectivity index (χ1v) is 9.00. The molecule has 4 atom stereocenters. The third-order valence-electron chi connectivity index (χ3n) is 6.00. The summed E-state index contributed by atoms with van der Waals surface area (Å²) >= 11 is 0. The van der Waals surface area contributed by atoms with Crippen LogP contribution in [0.1, 0.15) is 30.9 Å². The van der Waals surface area contributed by atoms with Crippen LogP contribution in [0.3, 0.4) is 0 Å². The fourth-order valence-electron chi connectivity index (χ4n) is 4.79. The summed E-state index contributed by atoms with van der Waals surface area (Å²) in [4.78, 5) is 2.38. The number of nitrogens with zero attached hydrogens (tertiary/aromatic N) is 1. The second-order valence-electron chi connectivity index (χ2n) is 7.36. The van der Waals surface area contributed by atoms with Crippen LogP contribution < -0.4 is 0 Å². The molecule has 0 bridgehead atoms. The van der Waals surface area contributed by atoms with Gasteiger partial charge in [0.05, 0.1) is 19.3 Å². The van der Waals surface area contributed by atoms with Crippen molar-refractivity contribution in [3.63, 3.8) is 0 Å². The molecule has 0 saturated carbocycles. The first kappa shape index (κ1) is 17.4. The van der Waals surface area contributed by atoms with E-state index in [1.165, 1.54) is 0 Å². The van der Waals surface area contributed by atoms with Crippen LogP contribution in [0.2, 0.25) is 0 Å². The van der Waals surface area contributed by atoms with Crippen LogP contribution in [-0.2, 0) is 0 Å². The molecular weight excluding hydrogens is 298 g/mol. The summed E-state index contributed by atoms with van der Waals surface area (Å²) in [6.45, 7) is 6.01. The standard InChI is InChI=1S/C21H29NO2/c1-2-12-21(16-24)15-22(13-18-10-6-7-11-19(18)21)20(14-23)17-8-4-3-5-9-17/h2-9,18-20,23-24H,1,10-16H2/t18-,19-,20+,21-/m1/s1. The van der Waals surface area contributed by atoms with Gasteiger partial charge in [-0.1, -0.05) is 48.6 Å². The molecule has 0 amide bonds. The molecule has 3 heteroatoms. The third kappa shape index (κ3) is 3.21. The van der Waals surface area contributed by atoms with Gasteiger partial charge in [0.2, 0.25) is 0 Å². The van der Waals surface area contributed by atoms with Crippen molar-refractivity contribution in [2.75, 3.05) is 26.3 Å². The Morgan fingerprint density at radius 3 is 2.62 bits per heavy atom. The van der Waals surface area contributed by atoms with Crippen LogP contribution >= 0.6 is 0 Å². The van der Waals surface area contributed by atoms with Gasteiger partial charge in [-0.3, -0.25) is 4.90 Å². The lowest BCUT2D eigenvalue weighted by Gasteiger charge is -2.54. The Balaban J connectivity index is 1.91. The summed E-state index contributed by atoms with van der Waals surface area (Å²) in [5, 5.41) is 20.4. The molecular formula is C21H29NO2. The minimum Gasteiger partial charge on any atom is -0.396 e. The van der Waals surface area contributed by atoms with Crippen molar-refractivity contribution in [1.82, 2.24) is 4.90 Å². The highest BCUT2D eigenvalue weighted by atomic mass is 16.3. The van der Waals surface area contributed by atoms with Gasteiger partial charge in [-0.05, 0) is 36.7 Å². The van der Waals surface area contributed by atoms with E-state index in [2.05, 4.69) is 35.8 Å². The number of allylic oxidation sites excluding steroid dienone is 3. The lowest BCUT2D eigenvalue weighted by atomic mass is 9.61. The molecule has 0 spiro atoms. The van der Waals surface area contributed by atoms with Gasteiger partial charge in [0.25, 0.3) is 0 Å². The molecule has 1 heterocycles. The molecule has 3 nitrogen and oxygen atoms in total. The monoisotopic (exact) mass is 327 g/mol. The number of hydrogen-bond donors (Lipinski definition) is 2. The third-order valence-corrected chi connectivity index (χ3v) is 6.00. The van der Waals surface area contributed by atoms with E-state index in [4.69, 9.17) is 0 Å². The van der Waals surface area contributed by atoms with E-state index in [1.54, 1.807) is 0 Å². The summed E-state index contributed by atoms with van der Waals surface area (Å²) in [5.74, 6) is 1.03. The molecule has 0 aromatic heterocycles. The Morgan fingerprint density at radius 1 is 1.21 bits per heavy atom. The number of aliphatic hydroxyl groups excluding tert-OH is 2. The molecule has 2 aliphatic rings. The zero-order valence-electron chi connectivity index (χ0n) is 14.3. The highest BCUT2D eigenvalue weighted by molar-refractivity contribution is 5.20. The van der Waals surface area contributed by atoms with Gasteiger partial charge in [-0.2, -0.15) is 0 Å². The van der Waals surface area contributed by atoms with Crippen molar-refractivity contribution in [3.05, 3.63) is 60.7 Å². The van der Waals surface area contributed by atoms with Crippen molar-refractivity contribution in [3.8, 4) is 0 Å². The number of benzene rings is 1. The van der Waals surface area contributed by atoms with Crippen molar-refractivity contribution in [2.45, 2.75) is 25.3 Å². The highest BCUT2D eigenvalue weighted by Gasteiger charge is 2.48. The van der Waals surface area contributed by atoms with Crippen LogP contribution in [0.4, 0.5) is 0 Å². The number of piperidine rings is 1. The quantitative estimate of drug-likeness (QED) is 0.789. The molecule has 1 saturated heterocycles. The van der Waals surface area contributed by atoms with E-state index in [0.29, 0.717) is 11.8 Å². The molecule has 0 radical (unpaired) electrons. The van der Waals surface area contributed by atoms with E-state index >= 15 is 0 Å². The smallest absolute Gasteiger partial charge is 0.0628 e. The molecule has 0 unspecified atom stereocenters. The van der Waals surface area contributed by atoms with Crippen LogP contribution in [0.5, 0.6) is 0 Å². The van der Waals surface area contributed by atoms with Gasteiger partial charge in [0.15, 0.2) is 0 Å². The second kappa shape index (κ2) is 7.64. The first-order chi connectivity index (χ1) is 11.7. The Hall–Kier alpha value is -1.42.